The van der Waals surface area contributed by atoms with Crippen LogP contribution in [0.4, 0.5) is 4.79 Å². The van der Waals surface area contributed by atoms with Crippen molar-refractivity contribution in [1.29, 1.82) is 0 Å². The van der Waals surface area contributed by atoms with Gasteiger partial charge in [0.2, 0.25) is 0 Å². The maximum Gasteiger partial charge on any atom is 0.317 e. The highest BCUT2D eigenvalue weighted by molar-refractivity contribution is 5.75. The van der Waals surface area contributed by atoms with Crippen LogP contribution < -0.4 is 10.6 Å². The molecule has 1 atom stereocenters. The standard InChI is InChI=1S/C17H33N3O/c1-13(2)10-15-11-18-17(3,4)12-20(15)16(21)19-14-8-6-5-7-9-14/h13-15,18H,5-12H2,1-4H3,(H,19,21). The summed E-state index contributed by atoms with van der Waals surface area (Å²) in [4.78, 5) is 14.8. The van der Waals surface area contributed by atoms with Crippen LogP contribution in [0.15, 0.2) is 0 Å². The Balaban J connectivity index is 1.98. The molecule has 0 bridgehead atoms. The van der Waals surface area contributed by atoms with Crippen LogP contribution in [0.2, 0.25) is 0 Å². The van der Waals surface area contributed by atoms with Gasteiger partial charge in [0.25, 0.3) is 0 Å². The van der Waals surface area contributed by atoms with Crippen molar-refractivity contribution in [3.63, 3.8) is 0 Å². The molecule has 2 rings (SSSR count). The summed E-state index contributed by atoms with van der Waals surface area (Å²) in [5, 5.41) is 6.87. The van der Waals surface area contributed by atoms with E-state index in [1.54, 1.807) is 0 Å². The molecular formula is C17H33N3O. The molecule has 0 aromatic heterocycles. The number of rotatable bonds is 3. The highest BCUT2D eigenvalue weighted by atomic mass is 16.2. The van der Waals surface area contributed by atoms with E-state index in [0.717, 1.165) is 32.4 Å². The Hall–Kier alpha value is -0.770. The summed E-state index contributed by atoms with van der Waals surface area (Å²) in [6.07, 6.45) is 7.21. The third kappa shape index (κ3) is 4.87. The molecule has 122 valence electrons. The molecule has 0 spiro atoms. The predicted molar refractivity (Wildman–Crippen MR) is 87.4 cm³/mol. The van der Waals surface area contributed by atoms with Gasteiger partial charge in [0.15, 0.2) is 0 Å². The lowest BCUT2D eigenvalue weighted by molar-refractivity contribution is 0.100. The van der Waals surface area contributed by atoms with Gasteiger partial charge in [-0.1, -0.05) is 33.1 Å². The van der Waals surface area contributed by atoms with E-state index >= 15 is 0 Å². The Morgan fingerprint density at radius 1 is 1.29 bits per heavy atom. The smallest absolute Gasteiger partial charge is 0.317 e. The number of nitrogens with zero attached hydrogens (tertiary/aromatic N) is 1. The molecule has 1 saturated carbocycles. The Kier molecular flexibility index (Phi) is 5.53. The first-order valence-electron chi connectivity index (χ1n) is 8.69. The normalized spacial score (nSPS) is 26.9. The van der Waals surface area contributed by atoms with Crippen LogP contribution >= 0.6 is 0 Å². The largest absolute Gasteiger partial charge is 0.335 e. The number of hydrogen-bond acceptors (Lipinski definition) is 2. The van der Waals surface area contributed by atoms with Gasteiger partial charge in [-0.2, -0.15) is 0 Å². The van der Waals surface area contributed by atoms with Gasteiger partial charge in [0.05, 0.1) is 0 Å². The zero-order valence-corrected chi connectivity index (χ0v) is 14.2. The summed E-state index contributed by atoms with van der Waals surface area (Å²) in [6.45, 7) is 10.5. The molecular weight excluding hydrogens is 262 g/mol. The second-order valence-corrected chi connectivity index (χ2v) is 7.96. The van der Waals surface area contributed by atoms with E-state index in [2.05, 4.69) is 43.2 Å². The molecule has 2 fully saturated rings. The van der Waals surface area contributed by atoms with Crippen LogP contribution in [0.3, 0.4) is 0 Å². The third-order valence-electron chi connectivity index (χ3n) is 4.76. The van der Waals surface area contributed by atoms with E-state index in [1.165, 1.54) is 19.3 Å². The van der Waals surface area contributed by atoms with Gasteiger partial charge in [0.1, 0.15) is 0 Å². The minimum Gasteiger partial charge on any atom is -0.335 e. The van der Waals surface area contributed by atoms with Gasteiger partial charge in [-0.3, -0.25) is 0 Å². The van der Waals surface area contributed by atoms with E-state index in [0.29, 0.717) is 18.0 Å². The molecule has 0 aromatic rings. The van der Waals surface area contributed by atoms with Crippen molar-refractivity contribution < 1.29 is 4.79 Å². The Morgan fingerprint density at radius 2 is 1.95 bits per heavy atom. The van der Waals surface area contributed by atoms with Crippen LogP contribution in [-0.4, -0.2) is 41.6 Å². The average Bonchev–Trinajstić information content (AvgIpc) is 2.41. The van der Waals surface area contributed by atoms with Crippen molar-refractivity contribution in [2.24, 2.45) is 5.92 Å². The van der Waals surface area contributed by atoms with E-state index in [4.69, 9.17) is 0 Å². The van der Waals surface area contributed by atoms with E-state index in [-0.39, 0.29) is 11.6 Å². The Morgan fingerprint density at radius 3 is 2.57 bits per heavy atom. The van der Waals surface area contributed by atoms with Crippen molar-refractivity contribution in [1.82, 2.24) is 15.5 Å². The monoisotopic (exact) mass is 295 g/mol. The summed E-state index contributed by atoms with van der Waals surface area (Å²) < 4.78 is 0. The second kappa shape index (κ2) is 6.99. The van der Waals surface area contributed by atoms with E-state index in [1.807, 2.05) is 0 Å². The van der Waals surface area contributed by atoms with Crippen molar-refractivity contribution in [3.8, 4) is 0 Å². The fourth-order valence-electron chi connectivity index (χ4n) is 3.61. The van der Waals surface area contributed by atoms with Gasteiger partial charge in [0, 0.05) is 30.7 Å². The molecule has 1 aliphatic carbocycles. The number of amides is 2. The maximum absolute atomic E-state index is 12.7. The predicted octanol–water partition coefficient (Wildman–Crippen LogP) is 3.13. The first-order chi connectivity index (χ1) is 9.87. The number of nitrogens with one attached hydrogen (secondary N) is 2. The maximum atomic E-state index is 12.7. The molecule has 1 unspecified atom stereocenters. The summed E-state index contributed by atoms with van der Waals surface area (Å²) in [5.74, 6) is 0.614. The molecule has 2 amide bonds. The first-order valence-corrected chi connectivity index (χ1v) is 8.69. The van der Waals surface area contributed by atoms with E-state index in [9.17, 15) is 4.79 Å². The molecule has 1 aliphatic heterocycles. The van der Waals surface area contributed by atoms with Crippen molar-refractivity contribution >= 4 is 6.03 Å². The van der Waals surface area contributed by atoms with E-state index < -0.39 is 0 Å². The van der Waals surface area contributed by atoms with Gasteiger partial charge in [-0.15, -0.1) is 0 Å². The second-order valence-electron chi connectivity index (χ2n) is 7.96. The van der Waals surface area contributed by atoms with Crippen LogP contribution in [-0.2, 0) is 0 Å². The SMILES string of the molecule is CC(C)CC1CNC(C)(C)CN1C(=O)NC1CCCCC1. The summed E-state index contributed by atoms with van der Waals surface area (Å²) in [7, 11) is 0. The summed E-state index contributed by atoms with van der Waals surface area (Å²) >= 11 is 0. The topological polar surface area (TPSA) is 44.4 Å². The van der Waals surface area contributed by atoms with Crippen molar-refractivity contribution in [3.05, 3.63) is 0 Å². The molecule has 21 heavy (non-hydrogen) atoms. The minimum atomic E-state index is 0.0113. The molecule has 4 nitrogen and oxygen atoms in total. The van der Waals surface area contributed by atoms with Crippen LogP contribution in [0.25, 0.3) is 0 Å². The molecule has 2 N–H and O–H groups in total. The highest BCUT2D eigenvalue weighted by Crippen LogP contribution is 2.22. The molecule has 0 radical (unpaired) electrons. The zero-order chi connectivity index (χ0) is 15.5. The zero-order valence-electron chi connectivity index (χ0n) is 14.2. The lowest BCUT2D eigenvalue weighted by Crippen LogP contribution is -2.65. The fraction of sp³-hybridized carbons (Fsp3) is 0.941. The summed E-state index contributed by atoms with van der Waals surface area (Å²) in [5.41, 5.74) is 0.0113. The van der Waals surface area contributed by atoms with Crippen molar-refractivity contribution in [2.75, 3.05) is 13.1 Å². The van der Waals surface area contributed by atoms with Crippen LogP contribution in [0.1, 0.15) is 66.2 Å². The average molecular weight is 295 g/mol. The quantitative estimate of drug-likeness (QED) is 0.840. The number of piperazine rings is 1. The number of carbonyl (C=O) groups excluding carboxylic acids is 1. The van der Waals surface area contributed by atoms with Gasteiger partial charge in [-0.25, -0.2) is 4.79 Å². The first kappa shape index (κ1) is 16.6. The van der Waals surface area contributed by atoms with Crippen LogP contribution in [0, 0.1) is 5.92 Å². The van der Waals surface area contributed by atoms with Gasteiger partial charge in [-0.05, 0) is 39.0 Å². The Bertz CT molecular complexity index is 348. The molecule has 4 heteroatoms. The van der Waals surface area contributed by atoms with Crippen molar-refractivity contribution in [2.45, 2.75) is 83.8 Å². The molecule has 2 aliphatic rings. The van der Waals surface area contributed by atoms with Gasteiger partial charge >= 0.3 is 6.03 Å². The number of urea groups is 1. The van der Waals surface area contributed by atoms with Gasteiger partial charge < -0.3 is 15.5 Å². The molecule has 1 heterocycles. The third-order valence-corrected chi connectivity index (χ3v) is 4.76. The Labute approximate surface area is 130 Å². The molecule has 0 aromatic carbocycles. The fourth-order valence-corrected chi connectivity index (χ4v) is 3.61. The summed E-state index contributed by atoms with van der Waals surface area (Å²) in [6, 6.07) is 0.868. The van der Waals surface area contributed by atoms with Crippen LogP contribution in [0.5, 0.6) is 0 Å². The highest BCUT2D eigenvalue weighted by Gasteiger charge is 2.36. The minimum absolute atomic E-state index is 0.0113. The lowest BCUT2D eigenvalue weighted by Gasteiger charge is -2.45. The molecule has 1 saturated heterocycles. The lowest BCUT2D eigenvalue weighted by atomic mass is 9.93. The number of carbonyl (C=O) groups is 1. The number of hydrogen-bond donors (Lipinski definition) is 2.